The van der Waals surface area contributed by atoms with Crippen LogP contribution in [-0.4, -0.2) is 46.2 Å². The molecule has 1 aliphatic rings. The second-order valence-corrected chi connectivity index (χ2v) is 9.45. The fourth-order valence-corrected chi connectivity index (χ4v) is 4.55. The number of benzene rings is 3. The number of rotatable bonds is 8. The summed E-state index contributed by atoms with van der Waals surface area (Å²) < 4.78 is 18.7. The van der Waals surface area contributed by atoms with Crippen molar-refractivity contribution in [3.63, 3.8) is 0 Å². The molecule has 10 heteroatoms. The Hall–Kier alpha value is -5.09. The van der Waals surface area contributed by atoms with Crippen LogP contribution in [0.15, 0.2) is 108 Å². The zero-order chi connectivity index (χ0) is 28.8. The first-order valence-corrected chi connectivity index (χ1v) is 13.0. The molecule has 41 heavy (non-hydrogen) atoms. The van der Waals surface area contributed by atoms with Crippen LogP contribution in [0.2, 0.25) is 0 Å². The normalized spacial score (nSPS) is 19.7. The number of carbonyl (C=O) groups excluding carboxylic acids is 3. The molecule has 1 fully saturated rings. The summed E-state index contributed by atoms with van der Waals surface area (Å²) in [6.45, 7) is 1.55. The first kappa shape index (κ1) is 27.5. The largest absolute Gasteiger partial charge is 0.459 e. The Morgan fingerprint density at radius 1 is 0.829 bits per heavy atom. The molecule has 1 aromatic heterocycles. The van der Waals surface area contributed by atoms with Gasteiger partial charge < -0.3 is 19.5 Å². The summed E-state index contributed by atoms with van der Waals surface area (Å²) in [5, 5.41) is 2.61. The SMILES string of the molecule is C[C@H]1[C@H](OC(=O)c2ccccc2)[C@@H](COC(=O)c2ccccc2)O[C@H]1n1ccc(NC(=O)c2ccccc2)nc1=O. The van der Waals surface area contributed by atoms with Crippen LogP contribution in [0.25, 0.3) is 0 Å². The van der Waals surface area contributed by atoms with E-state index in [0.717, 1.165) is 0 Å². The third kappa shape index (κ3) is 6.39. The van der Waals surface area contributed by atoms with Crippen molar-refractivity contribution in [3.05, 3.63) is 130 Å². The molecule has 208 valence electrons. The van der Waals surface area contributed by atoms with Crippen LogP contribution in [0.3, 0.4) is 0 Å². The zero-order valence-electron chi connectivity index (χ0n) is 22.1. The van der Waals surface area contributed by atoms with Gasteiger partial charge in [0.2, 0.25) is 0 Å². The number of ether oxygens (including phenoxy) is 3. The maximum absolute atomic E-state index is 13.0. The van der Waals surface area contributed by atoms with Gasteiger partial charge in [-0.15, -0.1) is 0 Å². The van der Waals surface area contributed by atoms with E-state index < -0.39 is 47.9 Å². The van der Waals surface area contributed by atoms with Gasteiger partial charge in [-0.05, 0) is 42.5 Å². The lowest BCUT2D eigenvalue weighted by Gasteiger charge is -2.21. The van der Waals surface area contributed by atoms with Gasteiger partial charge in [0.25, 0.3) is 5.91 Å². The molecule has 0 aliphatic carbocycles. The number of hydrogen-bond acceptors (Lipinski definition) is 8. The highest BCUT2D eigenvalue weighted by Gasteiger charge is 2.46. The number of hydrogen-bond donors (Lipinski definition) is 1. The van der Waals surface area contributed by atoms with E-state index in [2.05, 4.69) is 10.3 Å². The summed E-state index contributed by atoms with van der Waals surface area (Å²) in [5.74, 6) is -1.99. The second kappa shape index (κ2) is 12.4. The highest BCUT2D eigenvalue weighted by Crippen LogP contribution is 2.36. The van der Waals surface area contributed by atoms with E-state index in [4.69, 9.17) is 14.2 Å². The van der Waals surface area contributed by atoms with E-state index in [9.17, 15) is 19.2 Å². The van der Waals surface area contributed by atoms with Gasteiger partial charge in [-0.25, -0.2) is 14.4 Å². The highest BCUT2D eigenvalue weighted by atomic mass is 16.6. The first-order chi connectivity index (χ1) is 19.9. The standard InChI is InChI=1S/C31H27N3O7/c1-20-26(41-30(37)23-15-9-4-10-16-23)24(19-39-29(36)22-13-7-3-8-14-22)40-28(20)34-18-17-25(33-31(34)38)32-27(35)21-11-5-2-6-12-21/h2-18,20,24,26,28H,19H2,1H3,(H,32,33,35,38)/t20-,24+,26-,28+/m0/s1. The number of anilines is 1. The van der Waals surface area contributed by atoms with E-state index in [-0.39, 0.29) is 12.4 Å². The van der Waals surface area contributed by atoms with Gasteiger partial charge in [0.15, 0.2) is 0 Å². The zero-order valence-corrected chi connectivity index (χ0v) is 22.1. The number of nitrogens with zero attached hydrogens (tertiary/aromatic N) is 2. The van der Waals surface area contributed by atoms with E-state index in [1.165, 1.54) is 16.8 Å². The summed E-state index contributed by atoms with van der Waals surface area (Å²) in [6.07, 6.45) is -1.14. The van der Waals surface area contributed by atoms with Gasteiger partial charge in [-0.3, -0.25) is 9.36 Å². The molecule has 0 spiro atoms. The molecule has 2 heterocycles. The number of amides is 1. The van der Waals surface area contributed by atoms with Crippen LogP contribution in [0.5, 0.6) is 0 Å². The monoisotopic (exact) mass is 553 g/mol. The molecule has 1 amide bonds. The summed E-state index contributed by atoms with van der Waals surface area (Å²) in [7, 11) is 0. The fourth-order valence-electron chi connectivity index (χ4n) is 4.55. The summed E-state index contributed by atoms with van der Waals surface area (Å²) in [4.78, 5) is 55.0. The Morgan fingerprint density at radius 3 is 1.98 bits per heavy atom. The minimum Gasteiger partial charge on any atom is -0.459 e. The average Bonchev–Trinajstić information content (AvgIpc) is 3.31. The van der Waals surface area contributed by atoms with E-state index >= 15 is 0 Å². The van der Waals surface area contributed by atoms with Crippen molar-refractivity contribution in [1.29, 1.82) is 0 Å². The Kier molecular flexibility index (Phi) is 8.31. The predicted octanol–water partition coefficient (Wildman–Crippen LogP) is 4.11. The Balaban J connectivity index is 1.34. The molecule has 1 N–H and O–H groups in total. The molecule has 0 radical (unpaired) electrons. The van der Waals surface area contributed by atoms with Crippen LogP contribution in [-0.2, 0) is 14.2 Å². The van der Waals surface area contributed by atoms with Crippen molar-refractivity contribution >= 4 is 23.7 Å². The van der Waals surface area contributed by atoms with E-state index in [1.54, 1.807) is 97.9 Å². The van der Waals surface area contributed by atoms with Gasteiger partial charge in [0.1, 0.15) is 30.9 Å². The molecule has 0 bridgehead atoms. The molecule has 3 aromatic carbocycles. The third-order valence-corrected chi connectivity index (χ3v) is 6.67. The van der Waals surface area contributed by atoms with Gasteiger partial charge >= 0.3 is 17.6 Å². The minimum absolute atomic E-state index is 0.0751. The maximum Gasteiger partial charge on any atom is 0.351 e. The molecule has 10 nitrogen and oxygen atoms in total. The summed E-state index contributed by atoms with van der Waals surface area (Å²) >= 11 is 0. The lowest BCUT2D eigenvalue weighted by Crippen LogP contribution is -2.35. The van der Waals surface area contributed by atoms with E-state index in [1.807, 2.05) is 0 Å². The molecule has 5 rings (SSSR count). The molecular formula is C31H27N3O7. The van der Waals surface area contributed by atoms with Crippen molar-refractivity contribution in [2.45, 2.75) is 25.4 Å². The lowest BCUT2D eigenvalue weighted by atomic mass is 10.0. The maximum atomic E-state index is 13.0. The van der Waals surface area contributed by atoms with Gasteiger partial charge in [-0.1, -0.05) is 61.5 Å². The van der Waals surface area contributed by atoms with Crippen LogP contribution in [0, 0.1) is 5.92 Å². The Morgan fingerprint density at radius 2 is 1.39 bits per heavy atom. The third-order valence-electron chi connectivity index (χ3n) is 6.67. The smallest absolute Gasteiger partial charge is 0.351 e. The average molecular weight is 554 g/mol. The molecule has 0 saturated carbocycles. The lowest BCUT2D eigenvalue weighted by molar-refractivity contribution is -0.0587. The second-order valence-electron chi connectivity index (χ2n) is 9.45. The van der Waals surface area contributed by atoms with Gasteiger partial charge in [-0.2, -0.15) is 4.98 Å². The highest BCUT2D eigenvalue weighted by molar-refractivity contribution is 6.03. The minimum atomic E-state index is -0.886. The Labute approximate surface area is 235 Å². The Bertz CT molecular complexity index is 1580. The van der Waals surface area contributed by atoms with Gasteiger partial charge in [0.05, 0.1) is 11.1 Å². The first-order valence-electron chi connectivity index (χ1n) is 13.0. The van der Waals surface area contributed by atoms with Crippen molar-refractivity contribution in [3.8, 4) is 0 Å². The molecular weight excluding hydrogens is 526 g/mol. The van der Waals surface area contributed by atoms with Crippen molar-refractivity contribution in [2.24, 2.45) is 5.92 Å². The number of carbonyl (C=O) groups is 3. The van der Waals surface area contributed by atoms with Gasteiger partial charge in [0, 0.05) is 17.7 Å². The van der Waals surface area contributed by atoms with Crippen LogP contribution in [0.1, 0.15) is 44.2 Å². The summed E-state index contributed by atoms with van der Waals surface area (Å²) in [5.41, 5.74) is 0.451. The van der Waals surface area contributed by atoms with Crippen molar-refractivity contribution in [1.82, 2.24) is 9.55 Å². The number of nitrogens with one attached hydrogen (secondary N) is 1. The van der Waals surface area contributed by atoms with Crippen LogP contribution in [0.4, 0.5) is 5.82 Å². The number of aromatic nitrogens is 2. The molecule has 1 saturated heterocycles. The molecule has 0 unspecified atom stereocenters. The van der Waals surface area contributed by atoms with Crippen molar-refractivity contribution < 1.29 is 28.6 Å². The summed E-state index contributed by atoms with van der Waals surface area (Å²) in [6, 6.07) is 27.0. The fraction of sp³-hybridized carbons (Fsp3) is 0.194. The van der Waals surface area contributed by atoms with E-state index in [0.29, 0.717) is 16.7 Å². The van der Waals surface area contributed by atoms with Crippen LogP contribution < -0.4 is 11.0 Å². The van der Waals surface area contributed by atoms with Crippen LogP contribution >= 0.6 is 0 Å². The van der Waals surface area contributed by atoms with Crippen molar-refractivity contribution in [2.75, 3.05) is 11.9 Å². The molecule has 4 aromatic rings. The topological polar surface area (TPSA) is 126 Å². The molecule has 4 atom stereocenters. The number of esters is 2. The predicted molar refractivity (Wildman–Crippen MR) is 148 cm³/mol. The molecule has 1 aliphatic heterocycles. The quantitative estimate of drug-likeness (QED) is 0.323.